The summed E-state index contributed by atoms with van der Waals surface area (Å²) < 4.78 is 11.0. The number of hydrogen-bond donors (Lipinski definition) is 0. The van der Waals surface area contributed by atoms with Gasteiger partial charge in [0.15, 0.2) is 11.5 Å². The van der Waals surface area contributed by atoms with Crippen molar-refractivity contribution in [3.63, 3.8) is 0 Å². The van der Waals surface area contributed by atoms with Crippen LogP contribution in [-0.4, -0.2) is 54.2 Å². The minimum atomic E-state index is -0.0754. The summed E-state index contributed by atoms with van der Waals surface area (Å²) in [6.07, 6.45) is 1.96. The Kier molecular flexibility index (Phi) is 6.25. The van der Waals surface area contributed by atoms with Crippen molar-refractivity contribution in [2.45, 2.75) is 6.42 Å². The average molecular weight is 404 g/mol. The van der Waals surface area contributed by atoms with Gasteiger partial charge in [-0.1, -0.05) is 18.2 Å². The van der Waals surface area contributed by atoms with E-state index in [0.29, 0.717) is 43.1 Å². The monoisotopic (exact) mass is 404 g/mol. The quantitative estimate of drug-likeness (QED) is 0.555. The zero-order valence-electron chi connectivity index (χ0n) is 16.7. The Balaban J connectivity index is 1.23. The smallest absolute Gasteiger partial charge is 0.289 e. The molecule has 1 aromatic heterocycles. The normalized spacial score (nSPS) is 14.5. The van der Waals surface area contributed by atoms with E-state index in [9.17, 15) is 9.59 Å². The molecule has 0 aliphatic carbocycles. The van der Waals surface area contributed by atoms with E-state index >= 15 is 0 Å². The molecule has 1 fully saturated rings. The molecule has 1 aliphatic rings. The summed E-state index contributed by atoms with van der Waals surface area (Å²) in [5.41, 5.74) is 0.682. The number of rotatable bonds is 7. The molecule has 1 aliphatic heterocycles. The third-order valence-electron chi connectivity index (χ3n) is 5.20. The fraction of sp³-hybridized carbons (Fsp3) is 0.250. The molecule has 1 saturated heterocycles. The molecule has 2 aromatic carbocycles. The van der Waals surface area contributed by atoms with Gasteiger partial charge >= 0.3 is 0 Å². The number of benzene rings is 2. The molecule has 0 spiro atoms. The van der Waals surface area contributed by atoms with Gasteiger partial charge in [-0.15, -0.1) is 0 Å². The van der Waals surface area contributed by atoms with Crippen LogP contribution in [0, 0.1) is 0 Å². The number of ether oxygens (including phenoxy) is 1. The van der Waals surface area contributed by atoms with Gasteiger partial charge in [0, 0.05) is 44.7 Å². The molecule has 2 heterocycles. The van der Waals surface area contributed by atoms with Crippen molar-refractivity contribution in [3.8, 4) is 11.5 Å². The van der Waals surface area contributed by atoms with Crippen LogP contribution in [-0.2, 0) is 0 Å². The summed E-state index contributed by atoms with van der Waals surface area (Å²) in [4.78, 5) is 28.9. The lowest BCUT2D eigenvalue weighted by Gasteiger charge is -2.34. The fourth-order valence-electron chi connectivity index (χ4n) is 3.47. The molecule has 6 heteroatoms. The van der Waals surface area contributed by atoms with Crippen LogP contribution in [0.4, 0.5) is 0 Å². The van der Waals surface area contributed by atoms with Crippen LogP contribution in [0.15, 0.2) is 77.4 Å². The van der Waals surface area contributed by atoms with E-state index in [4.69, 9.17) is 9.15 Å². The summed E-state index contributed by atoms with van der Waals surface area (Å²) in [6, 6.07) is 20.2. The van der Waals surface area contributed by atoms with Crippen molar-refractivity contribution < 1.29 is 18.7 Å². The Hall–Kier alpha value is -3.38. The van der Waals surface area contributed by atoms with Gasteiger partial charge in [-0.05, 0) is 48.5 Å². The molecule has 0 unspecified atom stereocenters. The Labute approximate surface area is 175 Å². The van der Waals surface area contributed by atoms with Gasteiger partial charge in [-0.25, -0.2) is 0 Å². The summed E-state index contributed by atoms with van der Waals surface area (Å²) in [5.74, 6) is 1.87. The fourth-order valence-corrected chi connectivity index (χ4v) is 3.47. The number of hydrogen-bond acceptors (Lipinski definition) is 5. The molecule has 0 bridgehead atoms. The Morgan fingerprint density at radius 3 is 2.20 bits per heavy atom. The molecule has 0 atom stereocenters. The third-order valence-corrected chi connectivity index (χ3v) is 5.20. The predicted octanol–water partition coefficient (Wildman–Crippen LogP) is 4.10. The van der Waals surface area contributed by atoms with Crippen LogP contribution < -0.4 is 4.74 Å². The summed E-state index contributed by atoms with van der Waals surface area (Å²) >= 11 is 0. The number of ketones is 1. The van der Waals surface area contributed by atoms with Crippen molar-refractivity contribution in [2.24, 2.45) is 0 Å². The van der Waals surface area contributed by atoms with Gasteiger partial charge in [0.1, 0.15) is 11.5 Å². The zero-order valence-corrected chi connectivity index (χ0v) is 16.7. The van der Waals surface area contributed by atoms with Crippen molar-refractivity contribution in [3.05, 3.63) is 84.3 Å². The lowest BCUT2D eigenvalue weighted by Crippen LogP contribution is -2.49. The number of carbonyl (C=O) groups excluding carboxylic acids is 2. The number of para-hydroxylation sites is 1. The van der Waals surface area contributed by atoms with Crippen LogP contribution in [0.2, 0.25) is 0 Å². The Morgan fingerprint density at radius 2 is 1.53 bits per heavy atom. The standard InChI is InChI=1S/C24H24N2O4/c27-22(19-8-10-21(11-9-19)30-20-5-2-1-3-6-20)12-13-25-14-16-26(17-15-25)24(28)23-7-4-18-29-23/h1-11,18H,12-17H2. The van der Waals surface area contributed by atoms with Crippen LogP contribution in [0.25, 0.3) is 0 Å². The third kappa shape index (κ3) is 4.96. The molecule has 6 nitrogen and oxygen atoms in total. The van der Waals surface area contributed by atoms with Gasteiger partial charge in [-0.2, -0.15) is 0 Å². The van der Waals surface area contributed by atoms with Gasteiger partial charge in [0.25, 0.3) is 5.91 Å². The molecule has 0 radical (unpaired) electrons. The first kappa shape index (κ1) is 19.9. The number of Topliss-reactive ketones (excluding diaryl/α,β-unsaturated/α-hetero) is 1. The number of nitrogens with zero attached hydrogens (tertiary/aromatic N) is 2. The van der Waals surface area contributed by atoms with Crippen molar-refractivity contribution in [1.82, 2.24) is 9.80 Å². The Bertz CT molecular complexity index is 960. The number of amides is 1. The summed E-state index contributed by atoms with van der Waals surface area (Å²) in [5, 5.41) is 0. The molecule has 154 valence electrons. The average Bonchev–Trinajstić information content (AvgIpc) is 3.34. The highest BCUT2D eigenvalue weighted by atomic mass is 16.5. The van der Waals surface area contributed by atoms with E-state index < -0.39 is 0 Å². The minimum absolute atomic E-state index is 0.0754. The molecular formula is C24H24N2O4. The molecule has 1 amide bonds. The Morgan fingerprint density at radius 1 is 0.833 bits per heavy atom. The largest absolute Gasteiger partial charge is 0.459 e. The van der Waals surface area contributed by atoms with E-state index in [-0.39, 0.29) is 11.7 Å². The molecule has 3 aromatic rings. The van der Waals surface area contributed by atoms with Crippen LogP contribution in [0.1, 0.15) is 27.3 Å². The minimum Gasteiger partial charge on any atom is -0.459 e. The summed E-state index contributed by atoms with van der Waals surface area (Å²) in [7, 11) is 0. The SMILES string of the molecule is O=C(CCN1CCN(C(=O)c2ccco2)CC1)c1ccc(Oc2ccccc2)cc1. The highest BCUT2D eigenvalue weighted by Crippen LogP contribution is 2.21. The van der Waals surface area contributed by atoms with Crippen molar-refractivity contribution in [1.29, 1.82) is 0 Å². The molecular weight excluding hydrogens is 380 g/mol. The lowest BCUT2D eigenvalue weighted by atomic mass is 10.1. The maximum atomic E-state index is 12.5. The highest BCUT2D eigenvalue weighted by Gasteiger charge is 2.23. The predicted molar refractivity (Wildman–Crippen MR) is 113 cm³/mol. The maximum Gasteiger partial charge on any atom is 0.289 e. The maximum absolute atomic E-state index is 12.5. The second-order valence-corrected chi connectivity index (χ2v) is 7.22. The second-order valence-electron chi connectivity index (χ2n) is 7.22. The molecule has 30 heavy (non-hydrogen) atoms. The number of furan rings is 1. The topological polar surface area (TPSA) is 63.0 Å². The number of carbonyl (C=O) groups is 2. The van der Waals surface area contributed by atoms with E-state index in [1.807, 2.05) is 42.5 Å². The van der Waals surface area contributed by atoms with Crippen molar-refractivity contribution in [2.75, 3.05) is 32.7 Å². The van der Waals surface area contributed by atoms with Crippen LogP contribution >= 0.6 is 0 Å². The summed E-state index contributed by atoms with van der Waals surface area (Å²) in [6.45, 7) is 3.47. The van der Waals surface area contributed by atoms with Gasteiger partial charge in [-0.3, -0.25) is 14.5 Å². The van der Waals surface area contributed by atoms with Crippen LogP contribution in [0.3, 0.4) is 0 Å². The highest BCUT2D eigenvalue weighted by molar-refractivity contribution is 5.96. The molecule has 4 rings (SSSR count). The second kappa shape index (κ2) is 9.41. The van der Waals surface area contributed by atoms with Gasteiger partial charge in [0.05, 0.1) is 6.26 Å². The number of piperazine rings is 1. The molecule has 0 saturated carbocycles. The lowest BCUT2D eigenvalue weighted by molar-refractivity contribution is 0.0599. The van der Waals surface area contributed by atoms with E-state index in [0.717, 1.165) is 18.8 Å². The first-order valence-corrected chi connectivity index (χ1v) is 10.1. The van der Waals surface area contributed by atoms with E-state index in [1.54, 1.807) is 29.2 Å². The first-order chi connectivity index (χ1) is 14.7. The van der Waals surface area contributed by atoms with E-state index in [1.165, 1.54) is 6.26 Å². The van der Waals surface area contributed by atoms with E-state index in [2.05, 4.69) is 4.90 Å². The van der Waals surface area contributed by atoms with Crippen LogP contribution in [0.5, 0.6) is 11.5 Å². The van der Waals surface area contributed by atoms with Gasteiger partial charge in [0.2, 0.25) is 0 Å². The molecule has 0 N–H and O–H groups in total. The van der Waals surface area contributed by atoms with Gasteiger partial charge < -0.3 is 14.1 Å². The van der Waals surface area contributed by atoms with Crippen molar-refractivity contribution >= 4 is 11.7 Å². The first-order valence-electron chi connectivity index (χ1n) is 10.1. The zero-order chi connectivity index (χ0) is 20.8.